The number of rotatable bonds is 4. The molecular weight excluding hydrogens is 266 g/mol. The van der Waals surface area contributed by atoms with Gasteiger partial charge >= 0.3 is 0 Å². The van der Waals surface area contributed by atoms with Crippen LogP contribution in [0.3, 0.4) is 0 Å². The summed E-state index contributed by atoms with van der Waals surface area (Å²) in [6.45, 7) is 0.687. The third kappa shape index (κ3) is 2.97. The standard InChI is InChI=1S/C16H19N3O2/c1-18(10-12-7-15(20)8-12)16(21)13-9-17-19(11-13)14-5-3-2-4-6-14/h2-6,9,11-12,15,20H,7-8,10H2,1H3. The lowest BCUT2D eigenvalue weighted by molar-refractivity contribution is 0.0265. The van der Waals surface area contributed by atoms with Gasteiger partial charge in [0.15, 0.2) is 0 Å². The Balaban J connectivity index is 1.66. The number of carbonyl (C=O) groups is 1. The zero-order chi connectivity index (χ0) is 14.8. The Bertz CT molecular complexity index is 617. The van der Waals surface area contributed by atoms with Crippen LogP contribution in [0, 0.1) is 5.92 Å². The Hall–Kier alpha value is -2.14. The number of aromatic nitrogens is 2. The van der Waals surface area contributed by atoms with Gasteiger partial charge in [-0.05, 0) is 30.9 Å². The SMILES string of the molecule is CN(CC1CC(O)C1)C(=O)c1cnn(-c2ccccc2)c1. The van der Waals surface area contributed by atoms with Gasteiger partial charge in [0.2, 0.25) is 0 Å². The molecule has 0 unspecified atom stereocenters. The number of amides is 1. The maximum Gasteiger partial charge on any atom is 0.256 e. The molecule has 5 nitrogen and oxygen atoms in total. The van der Waals surface area contributed by atoms with Crippen LogP contribution in [0.1, 0.15) is 23.2 Å². The van der Waals surface area contributed by atoms with Gasteiger partial charge in [-0.3, -0.25) is 4.79 Å². The van der Waals surface area contributed by atoms with Crippen molar-refractivity contribution in [3.63, 3.8) is 0 Å². The fourth-order valence-corrected chi connectivity index (χ4v) is 2.70. The molecule has 2 aromatic rings. The lowest BCUT2D eigenvalue weighted by Gasteiger charge is -2.34. The molecule has 110 valence electrons. The van der Waals surface area contributed by atoms with Crippen LogP contribution in [0.5, 0.6) is 0 Å². The minimum absolute atomic E-state index is 0.0291. The van der Waals surface area contributed by atoms with Crippen molar-refractivity contribution < 1.29 is 9.90 Å². The first-order valence-electron chi connectivity index (χ1n) is 7.17. The molecule has 0 spiro atoms. The first-order valence-corrected chi connectivity index (χ1v) is 7.17. The number of aliphatic hydroxyl groups is 1. The fraction of sp³-hybridized carbons (Fsp3) is 0.375. The monoisotopic (exact) mass is 285 g/mol. The summed E-state index contributed by atoms with van der Waals surface area (Å²) in [5.74, 6) is 0.386. The van der Waals surface area contributed by atoms with E-state index in [1.54, 1.807) is 29.0 Å². The first kappa shape index (κ1) is 13.8. The van der Waals surface area contributed by atoms with Crippen LogP contribution in [0.4, 0.5) is 0 Å². The number of hydrogen-bond acceptors (Lipinski definition) is 3. The highest BCUT2D eigenvalue weighted by atomic mass is 16.3. The molecular formula is C16H19N3O2. The highest BCUT2D eigenvalue weighted by molar-refractivity contribution is 5.93. The summed E-state index contributed by atoms with van der Waals surface area (Å²) in [7, 11) is 1.80. The molecule has 21 heavy (non-hydrogen) atoms. The van der Waals surface area contributed by atoms with Gasteiger partial charge in [-0.2, -0.15) is 5.10 Å². The average Bonchev–Trinajstić information content (AvgIpc) is 2.95. The van der Waals surface area contributed by atoms with E-state index in [-0.39, 0.29) is 12.0 Å². The Morgan fingerprint density at radius 3 is 2.76 bits per heavy atom. The Kier molecular flexibility index (Phi) is 3.75. The van der Waals surface area contributed by atoms with E-state index in [1.165, 1.54) is 0 Å². The van der Waals surface area contributed by atoms with E-state index in [2.05, 4.69) is 5.10 Å². The number of nitrogens with zero attached hydrogens (tertiary/aromatic N) is 3. The molecule has 1 amide bonds. The molecule has 0 radical (unpaired) electrons. The van der Waals surface area contributed by atoms with Gasteiger partial charge in [-0.1, -0.05) is 18.2 Å². The van der Waals surface area contributed by atoms with Gasteiger partial charge in [-0.25, -0.2) is 4.68 Å². The average molecular weight is 285 g/mol. The van der Waals surface area contributed by atoms with Crippen molar-refractivity contribution in [1.29, 1.82) is 0 Å². The molecule has 1 heterocycles. The van der Waals surface area contributed by atoms with Gasteiger partial charge in [0.05, 0.1) is 23.6 Å². The molecule has 0 atom stereocenters. The van der Waals surface area contributed by atoms with Crippen molar-refractivity contribution in [2.24, 2.45) is 5.92 Å². The van der Waals surface area contributed by atoms with Crippen LogP contribution >= 0.6 is 0 Å². The zero-order valence-electron chi connectivity index (χ0n) is 12.0. The third-order valence-electron chi connectivity index (χ3n) is 3.94. The Morgan fingerprint density at radius 2 is 2.10 bits per heavy atom. The van der Waals surface area contributed by atoms with Crippen molar-refractivity contribution in [3.05, 3.63) is 48.3 Å². The molecule has 1 aliphatic rings. The number of hydrogen-bond donors (Lipinski definition) is 1. The van der Waals surface area contributed by atoms with Crippen LogP contribution in [0.15, 0.2) is 42.7 Å². The predicted molar refractivity (Wildman–Crippen MR) is 79.3 cm³/mol. The molecule has 5 heteroatoms. The van der Waals surface area contributed by atoms with E-state index >= 15 is 0 Å². The first-order chi connectivity index (χ1) is 10.1. The van der Waals surface area contributed by atoms with Crippen molar-refractivity contribution in [2.45, 2.75) is 18.9 Å². The summed E-state index contributed by atoms with van der Waals surface area (Å²) in [6.07, 6.45) is 4.76. The van der Waals surface area contributed by atoms with E-state index in [0.29, 0.717) is 18.0 Å². The van der Waals surface area contributed by atoms with Gasteiger partial charge in [0.1, 0.15) is 0 Å². The van der Waals surface area contributed by atoms with Gasteiger partial charge in [0, 0.05) is 19.8 Å². The molecule has 1 aromatic heterocycles. The molecule has 1 fully saturated rings. The minimum atomic E-state index is -0.181. The number of benzene rings is 1. The lowest BCUT2D eigenvalue weighted by Crippen LogP contribution is -2.39. The quantitative estimate of drug-likeness (QED) is 0.930. The summed E-state index contributed by atoms with van der Waals surface area (Å²) < 4.78 is 1.70. The molecule has 1 aliphatic carbocycles. The van der Waals surface area contributed by atoms with Crippen LogP contribution in [-0.4, -0.2) is 45.4 Å². The maximum absolute atomic E-state index is 12.4. The third-order valence-corrected chi connectivity index (χ3v) is 3.94. The number of aliphatic hydroxyl groups excluding tert-OH is 1. The van der Waals surface area contributed by atoms with Crippen LogP contribution < -0.4 is 0 Å². The smallest absolute Gasteiger partial charge is 0.256 e. The maximum atomic E-state index is 12.4. The van der Waals surface area contributed by atoms with Crippen LogP contribution in [0.2, 0.25) is 0 Å². The normalized spacial score (nSPS) is 20.9. The molecule has 0 bridgehead atoms. The fourth-order valence-electron chi connectivity index (χ4n) is 2.70. The molecule has 1 N–H and O–H groups in total. The van der Waals surface area contributed by atoms with Crippen molar-refractivity contribution >= 4 is 5.91 Å². The van der Waals surface area contributed by atoms with E-state index in [4.69, 9.17) is 0 Å². The van der Waals surface area contributed by atoms with Gasteiger partial charge < -0.3 is 10.0 Å². The lowest BCUT2D eigenvalue weighted by atomic mass is 9.82. The van der Waals surface area contributed by atoms with E-state index < -0.39 is 0 Å². The molecule has 0 aliphatic heterocycles. The second-order valence-electron chi connectivity index (χ2n) is 5.69. The summed E-state index contributed by atoms with van der Waals surface area (Å²) in [4.78, 5) is 14.1. The number of carbonyl (C=O) groups excluding carboxylic acids is 1. The van der Waals surface area contributed by atoms with E-state index in [9.17, 15) is 9.90 Å². The highest BCUT2D eigenvalue weighted by Gasteiger charge is 2.29. The molecule has 1 saturated carbocycles. The summed E-state index contributed by atoms with van der Waals surface area (Å²) in [5, 5.41) is 13.5. The predicted octanol–water partition coefficient (Wildman–Crippen LogP) is 1.72. The topological polar surface area (TPSA) is 58.4 Å². The van der Waals surface area contributed by atoms with Crippen molar-refractivity contribution in [1.82, 2.24) is 14.7 Å². The van der Waals surface area contributed by atoms with E-state index in [0.717, 1.165) is 18.5 Å². The summed E-state index contributed by atoms with van der Waals surface area (Å²) in [5.41, 5.74) is 1.52. The van der Waals surface area contributed by atoms with Crippen LogP contribution in [-0.2, 0) is 0 Å². The molecule has 3 rings (SSSR count). The Morgan fingerprint density at radius 1 is 1.38 bits per heavy atom. The van der Waals surface area contributed by atoms with E-state index in [1.807, 2.05) is 30.3 Å². The van der Waals surface area contributed by atoms with Gasteiger partial charge in [0.25, 0.3) is 5.91 Å². The summed E-state index contributed by atoms with van der Waals surface area (Å²) in [6, 6.07) is 9.71. The highest BCUT2D eigenvalue weighted by Crippen LogP contribution is 2.27. The zero-order valence-corrected chi connectivity index (χ0v) is 12.0. The van der Waals surface area contributed by atoms with Crippen molar-refractivity contribution in [2.75, 3.05) is 13.6 Å². The van der Waals surface area contributed by atoms with Crippen LogP contribution in [0.25, 0.3) is 5.69 Å². The van der Waals surface area contributed by atoms with Crippen molar-refractivity contribution in [3.8, 4) is 5.69 Å². The van der Waals surface area contributed by atoms with Gasteiger partial charge in [-0.15, -0.1) is 0 Å². The second kappa shape index (κ2) is 5.69. The largest absolute Gasteiger partial charge is 0.393 e. The second-order valence-corrected chi connectivity index (χ2v) is 5.69. The number of para-hydroxylation sites is 1. The molecule has 0 saturated heterocycles. The minimum Gasteiger partial charge on any atom is -0.393 e. The Labute approximate surface area is 123 Å². The summed E-state index contributed by atoms with van der Waals surface area (Å²) >= 11 is 0. The molecule has 1 aromatic carbocycles.